The molecule has 0 atom stereocenters. The Labute approximate surface area is 77.9 Å². The molecule has 0 saturated heterocycles. The Morgan fingerprint density at radius 3 is 1.92 bits per heavy atom. The molecule has 0 spiro atoms. The van der Waals surface area contributed by atoms with Gasteiger partial charge in [-0.05, 0) is 0 Å². The third-order valence-electron chi connectivity index (χ3n) is 1.80. The second-order valence-electron chi connectivity index (χ2n) is 2.79. The summed E-state index contributed by atoms with van der Waals surface area (Å²) in [6, 6.07) is 5.54. The van der Waals surface area contributed by atoms with Crippen molar-refractivity contribution in [1.29, 1.82) is 0 Å². The Bertz CT molecular complexity index is 247. The summed E-state index contributed by atoms with van der Waals surface area (Å²) < 4.78 is 9.88. The monoisotopic (exact) mass is 182 g/mol. The number of phenolic OH excluding ortho intramolecular Hbond substituents is 1. The lowest BCUT2D eigenvalue weighted by Gasteiger charge is -2.07. The van der Waals surface area contributed by atoms with Gasteiger partial charge < -0.3 is 14.6 Å². The van der Waals surface area contributed by atoms with Crippen LogP contribution in [0.15, 0.2) is 18.2 Å². The Hall–Kier alpha value is -1.06. The highest BCUT2D eigenvalue weighted by Crippen LogP contribution is 2.23. The van der Waals surface area contributed by atoms with Crippen LogP contribution < -0.4 is 0 Å². The first kappa shape index (κ1) is 10.0. The van der Waals surface area contributed by atoms with E-state index >= 15 is 0 Å². The molecule has 13 heavy (non-hydrogen) atoms. The van der Waals surface area contributed by atoms with E-state index in [1.54, 1.807) is 14.2 Å². The Kier molecular flexibility index (Phi) is 3.73. The van der Waals surface area contributed by atoms with Gasteiger partial charge in [-0.3, -0.25) is 0 Å². The van der Waals surface area contributed by atoms with Crippen LogP contribution in [0.2, 0.25) is 0 Å². The van der Waals surface area contributed by atoms with Crippen LogP contribution in [0.1, 0.15) is 11.1 Å². The fraction of sp³-hybridized carbons (Fsp3) is 0.400. The molecule has 3 nitrogen and oxygen atoms in total. The molecule has 0 aliphatic carbocycles. The van der Waals surface area contributed by atoms with Crippen LogP contribution in [-0.2, 0) is 22.7 Å². The van der Waals surface area contributed by atoms with Crippen LogP contribution in [0.25, 0.3) is 0 Å². The number of rotatable bonds is 4. The first-order valence-electron chi connectivity index (χ1n) is 4.07. The Balaban J connectivity index is 2.89. The Morgan fingerprint density at radius 2 is 1.54 bits per heavy atom. The minimum Gasteiger partial charge on any atom is -0.507 e. The normalized spacial score (nSPS) is 10.3. The zero-order valence-corrected chi connectivity index (χ0v) is 7.91. The molecule has 0 amide bonds. The maximum absolute atomic E-state index is 9.69. The van der Waals surface area contributed by atoms with Gasteiger partial charge in [-0.15, -0.1) is 0 Å². The standard InChI is InChI=1S/C10H14O3/c1-12-6-8-4-3-5-9(7-13-2)10(8)11/h3-5,11H,6-7H2,1-2H3. The summed E-state index contributed by atoms with van der Waals surface area (Å²) in [5.74, 6) is 0.270. The predicted molar refractivity (Wildman–Crippen MR) is 49.5 cm³/mol. The predicted octanol–water partition coefficient (Wildman–Crippen LogP) is 1.68. The molecule has 1 aromatic carbocycles. The summed E-state index contributed by atoms with van der Waals surface area (Å²) in [7, 11) is 3.20. The van der Waals surface area contributed by atoms with Gasteiger partial charge in [0.2, 0.25) is 0 Å². The number of phenols is 1. The maximum atomic E-state index is 9.69. The van der Waals surface area contributed by atoms with Crippen LogP contribution >= 0.6 is 0 Å². The lowest BCUT2D eigenvalue weighted by molar-refractivity contribution is 0.174. The number of benzene rings is 1. The molecule has 3 heteroatoms. The average Bonchev–Trinajstić information content (AvgIpc) is 2.13. The number of aromatic hydroxyl groups is 1. The van der Waals surface area contributed by atoms with Gasteiger partial charge in [0.05, 0.1) is 13.2 Å². The van der Waals surface area contributed by atoms with Gasteiger partial charge in [0, 0.05) is 25.3 Å². The molecular weight excluding hydrogens is 168 g/mol. The van der Waals surface area contributed by atoms with Crippen molar-refractivity contribution in [1.82, 2.24) is 0 Å². The lowest BCUT2D eigenvalue weighted by atomic mass is 10.1. The molecule has 1 aromatic rings. The maximum Gasteiger partial charge on any atom is 0.126 e. The van der Waals surface area contributed by atoms with Gasteiger partial charge in [0.25, 0.3) is 0 Å². The lowest BCUT2D eigenvalue weighted by Crippen LogP contribution is -1.93. The van der Waals surface area contributed by atoms with Crippen LogP contribution in [0.5, 0.6) is 5.75 Å². The average molecular weight is 182 g/mol. The second kappa shape index (κ2) is 4.84. The van der Waals surface area contributed by atoms with Crippen LogP contribution in [-0.4, -0.2) is 19.3 Å². The van der Waals surface area contributed by atoms with Gasteiger partial charge in [0.15, 0.2) is 0 Å². The van der Waals surface area contributed by atoms with Gasteiger partial charge in [-0.2, -0.15) is 0 Å². The number of para-hydroxylation sites is 1. The molecule has 1 rings (SSSR count). The van der Waals surface area contributed by atoms with Crippen molar-refractivity contribution >= 4 is 0 Å². The molecule has 0 aliphatic rings. The van der Waals surface area contributed by atoms with E-state index < -0.39 is 0 Å². The molecule has 0 aromatic heterocycles. The van der Waals surface area contributed by atoms with Crippen molar-refractivity contribution in [2.75, 3.05) is 14.2 Å². The van der Waals surface area contributed by atoms with Crippen LogP contribution in [0, 0.1) is 0 Å². The fourth-order valence-electron chi connectivity index (χ4n) is 1.19. The molecule has 0 heterocycles. The van der Waals surface area contributed by atoms with Gasteiger partial charge in [-0.1, -0.05) is 18.2 Å². The first-order valence-corrected chi connectivity index (χ1v) is 4.07. The Morgan fingerprint density at radius 1 is 1.08 bits per heavy atom. The van der Waals surface area contributed by atoms with E-state index in [0.717, 1.165) is 11.1 Å². The zero-order valence-electron chi connectivity index (χ0n) is 7.91. The summed E-state index contributed by atoms with van der Waals surface area (Å²) in [4.78, 5) is 0. The summed E-state index contributed by atoms with van der Waals surface area (Å²) in [6.07, 6.45) is 0. The summed E-state index contributed by atoms with van der Waals surface area (Å²) in [6.45, 7) is 0.840. The topological polar surface area (TPSA) is 38.7 Å². The van der Waals surface area contributed by atoms with Crippen molar-refractivity contribution in [3.63, 3.8) is 0 Å². The van der Waals surface area contributed by atoms with E-state index in [-0.39, 0.29) is 5.75 Å². The molecule has 0 fully saturated rings. The summed E-state index contributed by atoms with van der Waals surface area (Å²) in [5.41, 5.74) is 1.58. The SMILES string of the molecule is COCc1cccc(COC)c1O. The molecule has 0 radical (unpaired) electrons. The first-order chi connectivity index (χ1) is 6.29. The van der Waals surface area contributed by atoms with Crippen LogP contribution in [0.3, 0.4) is 0 Å². The van der Waals surface area contributed by atoms with Gasteiger partial charge >= 0.3 is 0 Å². The van der Waals surface area contributed by atoms with Crippen molar-refractivity contribution in [3.8, 4) is 5.75 Å². The number of ether oxygens (including phenoxy) is 2. The van der Waals surface area contributed by atoms with E-state index in [0.29, 0.717) is 13.2 Å². The summed E-state index contributed by atoms with van der Waals surface area (Å²) >= 11 is 0. The number of hydrogen-bond acceptors (Lipinski definition) is 3. The molecule has 1 N–H and O–H groups in total. The largest absolute Gasteiger partial charge is 0.507 e. The third-order valence-corrected chi connectivity index (χ3v) is 1.80. The zero-order chi connectivity index (χ0) is 9.68. The highest BCUT2D eigenvalue weighted by atomic mass is 16.5. The highest BCUT2D eigenvalue weighted by Gasteiger charge is 2.05. The molecule has 0 saturated carbocycles. The van der Waals surface area contributed by atoms with E-state index in [1.165, 1.54) is 0 Å². The molecule has 0 bridgehead atoms. The second-order valence-corrected chi connectivity index (χ2v) is 2.79. The van der Waals surface area contributed by atoms with Gasteiger partial charge in [-0.25, -0.2) is 0 Å². The minimum atomic E-state index is 0.270. The molecular formula is C10H14O3. The van der Waals surface area contributed by atoms with E-state index in [9.17, 15) is 5.11 Å². The quantitative estimate of drug-likeness (QED) is 0.770. The number of hydrogen-bond donors (Lipinski definition) is 1. The van der Waals surface area contributed by atoms with Crippen molar-refractivity contribution in [2.45, 2.75) is 13.2 Å². The van der Waals surface area contributed by atoms with Crippen LogP contribution in [0.4, 0.5) is 0 Å². The number of methoxy groups -OCH3 is 2. The highest BCUT2D eigenvalue weighted by molar-refractivity contribution is 5.39. The van der Waals surface area contributed by atoms with Gasteiger partial charge in [0.1, 0.15) is 5.75 Å². The van der Waals surface area contributed by atoms with Crippen molar-refractivity contribution in [3.05, 3.63) is 29.3 Å². The van der Waals surface area contributed by atoms with Crippen molar-refractivity contribution < 1.29 is 14.6 Å². The molecule has 0 aliphatic heterocycles. The van der Waals surface area contributed by atoms with E-state index in [2.05, 4.69) is 0 Å². The fourth-order valence-corrected chi connectivity index (χ4v) is 1.19. The molecule has 72 valence electrons. The van der Waals surface area contributed by atoms with E-state index in [1.807, 2.05) is 18.2 Å². The van der Waals surface area contributed by atoms with E-state index in [4.69, 9.17) is 9.47 Å². The minimum absolute atomic E-state index is 0.270. The smallest absolute Gasteiger partial charge is 0.126 e. The van der Waals surface area contributed by atoms with Crippen molar-refractivity contribution in [2.24, 2.45) is 0 Å². The summed E-state index contributed by atoms with van der Waals surface area (Å²) in [5, 5.41) is 9.69. The molecule has 0 unspecified atom stereocenters. The third kappa shape index (κ3) is 2.44.